The van der Waals surface area contributed by atoms with Crippen molar-refractivity contribution in [1.82, 2.24) is 14.7 Å². The van der Waals surface area contributed by atoms with Crippen molar-refractivity contribution in [2.75, 3.05) is 18.5 Å². The largest absolute Gasteiger partial charge is 0.375 e. The molecule has 1 saturated heterocycles. The van der Waals surface area contributed by atoms with Crippen molar-refractivity contribution in [2.45, 2.75) is 32.9 Å². The highest BCUT2D eigenvalue weighted by Crippen LogP contribution is 2.18. The van der Waals surface area contributed by atoms with Crippen molar-refractivity contribution >= 4 is 11.8 Å². The van der Waals surface area contributed by atoms with Gasteiger partial charge in [0.25, 0.3) is 0 Å². The predicted octanol–water partition coefficient (Wildman–Crippen LogP) is 2.96. The standard InChI is InChI=1S/C17H21FN4O2/c1-11-10-16(20-22(11)15-6-4-14(18)5-7-15)19-17(23)21-8-9-24-13(3)12(21)2/h4-7,10,12-13H,8-9H2,1-3H3,(H,19,20,23). The average molecular weight is 332 g/mol. The molecule has 2 atom stereocenters. The van der Waals surface area contributed by atoms with E-state index in [9.17, 15) is 9.18 Å². The first kappa shape index (κ1) is 16.4. The summed E-state index contributed by atoms with van der Waals surface area (Å²) >= 11 is 0. The molecule has 128 valence electrons. The number of nitrogens with one attached hydrogen (secondary N) is 1. The number of halogens is 1. The normalized spacial score (nSPS) is 20.9. The van der Waals surface area contributed by atoms with Gasteiger partial charge in [0, 0.05) is 18.3 Å². The van der Waals surface area contributed by atoms with E-state index in [1.165, 1.54) is 12.1 Å². The molecule has 1 N–H and O–H groups in total. The van der Waals surface area contributed by atoms with Gasteiger partial charge >= 0.3 is 6.03 Å². The highest BCUT2D eigenvalue weighted by molar-refractivity contribution is 5.88. The molecule has 0 radical (unpaired) electrons. The van der Waals surface area contributed by atoms with Gasteiger partial charge in [0.1, 0.15) is 5.82 Å². The van der Waals surface area contributed by atoms with Crippen LogP contribution < -0.4 is 5.32 Å². The molecule has 24 heavy (non-hydrogen) atoms. The lowest BCUT2D eigenvalue weighted by atomic mass is 10.1. The average Bonchev–Trinajstić information content (AvgIpc) is 2.91. The van der Waals surface area contributed by atoms with E-state index in [2.05, 4.69) is 10.4 Å². The minimum absolute atomic E-state index is 0.000897. The van der Waals surface area contributed by atoms with E-state index in [1.54, 1.807) is 27.8 Å². The van der Waals surface area contributed by atoms with E-state index in [-0.39, 0.29) is 24.0 Å². The van der Waals surface area contributed by atoms with Gasteiger partial charge in [0.2, 0.25) is 0 Å². The number of morpholine rings is 1. The molecule has 2 heterocycles. The molecule has 0 bridgehead atoms. The Morgan fingerprint density at radius 1 is 1.33 bits per heavy atom. The molecule has 1 fully saturated rings. The Balaban J connectivity index is 1.75. The summed E-state index contributed by atoms with van der Waals surface area (Å²) in [5.41, 5.74) is 1.59. The first-order valence-electron chi connectivity index (χ1n) is 7.97. The van der Waals surface area contributed by atoms with Crippen molar-refractivity contribution in [3.63, 3.8) is 0 Å². The zero-order valence-electron chi connectivity index (χ0n) is 14.0. The lowest BCUT2D eigenvalue weighted by molar-refractivity contribution is -0.0355. The summed E-state index contributed by atoms with van der Waals surface area (Å²) in [7, 11) is 0. The van der Waals surface area contributed by atoms with Crippen LogP contribution in [0.5, 0.6) is 0 Å². The molecule has 6 nitrogen and oxygen atoms in total. The number of carbonyl (C=O) groups is 1. The first-order valence-corrected chi connectivity index (χ1v) is 7.97. The molecule has 1 aliphatic heterocycles. The van der Waals surface area contributed by atoms with Crippen molar-refractivity contribution in [3.8, 4) is 5.69 Å². The highest BCUT2D eigenvalue weighted by atomic mass is 19.1. The molecular weight excluding hydrogens is 311 g/mol. The van der Waals surface area contributed by atoms with E-state index in [0.29, 0.717) is 19.0 Å². The Morgan fingerprint density at radius 3 is 2.75 bits per heavy atom. The number of urea groups is 1. The van der Waals surface area contributed by atoms with Gasteiger partial charge in [-0.05, 0) is 45.0 Å². The van der Waals surface area contributed by atoms with Gasteiger partial charge in [0.05, 0.1) is 24.4 Å². The van der Waals surface area contributed by atoms with Crippen LogP contribution in [-0.4, -0.2) is 46.0 Å². The van der Waals surface area contributed by atoms with Crippen molar-refractivity contribution < 1.29 is 13.9 Å². The van der Waals surface area contributed by atoms with Crippen molar-refractivity contribution in [3.05, 3.63) is 41.8 Å². The minimum atomic E-state index is -0.299. The number of carbonyl (C=O) groups excluding carboxylic acids is 1. The topological polar surface area (TPSA) is 59.4 Å². The quantitative estimate of drug-likeness (QED) is 0.920. The van der Waals surface area contributed by atoms with E-state index < -0.39 is 0 Å². The third-order valence-corrected chi connectivity index (χ3v) is 4.34. The van der Waals surface area contributed by atoms with E-state index in [1.807, 2.05) is 20.8 Å². The number of hydrogen-bond acceptors (Lipinski definition) is 3. The zero-order valence-corrected chi connectivity index (χ0v) is 14.0. The van der Waals surface area contributed by atoms with Gasteiger partial charge in [0.15, 0.2) is 5.82 Å². The van der Waals surface area contributed by atoms with Crippen LogP contribution in [0.3, 0.4) is 0 Å². The van der Waals surface area contributed by atoms with Gasteiger partial charge in [-0.1, -0.05) is 0 Å². The maximum absolute atomic E-state index is 13.1. The Labute approximate surface area is 140 Å². The molecule has 2 amide bonds. The SMILES string of the molecule is Cc1cc(NC(=O)N2CCOC(C)C2C)nn1-c1ccc(F)cc1. The summed E-state index contributed by atoms with van der Waals surface area (Å²) in [4.78, 5) is 14.2. The lowest BCUT2D eigenvalue weighted by Gasteiger charge is -2.37. The maximum atomic E-state index is 13.1. The molecule has 1 aromatic heterocycles. The summed E-state index contributed by atoms with van der Waals surface area (Å²) < 4.78 is 20.3. The molecular formula is C17H21FN4O2. The molecule has 0 spiro atoms. The monoisotopic (exact) mass is 332 g/mol. The first-order chi connectivity index (χ1) is 11.5. The fraction of sp³-hybridized carbons (Fsp3) is 0.412. The molecule has 0 saturated carbocycles. The molecule has 0 aliphatic carbocycles. The van der Waals surface area contributed by atoms with E-state index >= 15 is 0 Å². The Hall–Kier alpha value is -2.41. The highest BCUT2D eigenvalue weighted by Gasteiger charge is 2.29. The fourth-order valence-electron chi connectivity index (χ4n) is 2.78. The van der Waals surface area contributed by atoms with Crippen molar-refractivity contribution in [1.29, 1.82) is 0 Å². The summed E-state index contributed by atoms with van der Waals surface area (Å²) in [6.07, 6.45) is 0.00279. The molecule has 2 unspecified atom stereocenters. The van der Waals surface area contributed by atoms with Crippen LogP contribution in [0.1, 0.15) is 19.5 Å². The van der Waals surface area contributed by atoms with Crippen molar-refractivity contribution in [2.24, 2.45) is 0 Å². The number of ether oxygens (including phenoxy) is 1. The van der Waals surface area contributed by atoms with Crippen LogP contribution in [0.25, 0.3) is 5.69 Å². The molecule has 3 rings (SSSR count). The summed E-state index contributed by atoms with van der Waals surface area (Å²) in [6.45, 7) is 6.88. The number of benzene rings is 1. The van der Waals surface area contributed by atoms with E-state index in [0.717, 1.165) is 11.4 Å². The Morgan fingerprint density at radius 2 is 2.04 bits per heavy atom. The number of aryl methyl sites for hydroxylation is 1. The number of nitrogens with zero attached hydrogens (tertiary/aromatic N) is 3. The lowest BCUT2D eigenvalue weighted by Crippen LogP contribution is -2.52. The second kappa shape index (κ2) is 6.60. The number of rotatable bonds is 2. The summed E-state index contributed by atoms with van der Waals surface area (Å²) in [5.74, 6) is 0.167. The van der Waals surface area contributed by atoms with E-state index in [4.69, 9.17) is 4.74 Å². The molecule has 1 aliphatic rings. The molecule has 1 aromatic carbocycles. The molecule has 2 aromatic rings. The van der Waals surface area contributed by atoms with Gasteiger partial charge in [-0.3, -0.25) is 5.32 Å². The Bertz CT molecular complexity index is 729. The summed E-state index contributed by atoms with van der Waals surface area (Å²) in [5, 5.41) is 7.22. The fourth-order valence-corrected chi connectivity index (χ4v) is 2.78. The minimum Gasteiger partial charge on any atom is -0.375 e. The van der Waals surface area contributed by atoms with Gasteiger partial charge in [-0.25, -0.2) is 13.9 Å². The third kappa shape index (κ3) is 3.26. The zero-order chi connectivity index (χ0) is 17.3. The van der Waals surface area contributed by atoms with Gasteiger partial charge in [-0.2, -0.15) is 0 Å². The van der Waals surface area contributed by atoms with Crippen LogP contribution in [0, 0.1) is 12.7 Å². The second-order valence-electron chi connectivity index (χ2n) is 6.00. The van der Waals surface area contributed by atoms with Crippen LogP contribution >= 0.6 is 0 Å². The maximum Gasteiger partial charge on any atom is 0.323 e. The van der Waals surface area contributed by atoms with Crippen LogP contribution in [0.2, 0.25) is 0 Å². The summed E-state index contributed by atoms with van der Waals surface area (Å²) in [6, 6.07) is 7.65. The smallest absolute Gasteiger partial charge is 0.323 e. The number of hydrogen-bond donors (Lipinski definition) is 1. The van der Waals surface area contributed by atoms with Gasteiger partial charge in [-0.15, -0.1) is 5.10 Å². The molecule has 7 heteroatoms. The Kier molecular flexibility index (Phi) is 4.53. The predicted molar refractivity (Wildman–Crippen MR) is 88.9 cm³/mol. The third-order valence-electron chi connectivity index (χ3n) is 4.34. The van der Waals surface area contributed by atoms with Crippen LogP contribution in [-0.2, 0) is 4.74 Å². The number of aromatic nitrogens is 2. The second-order valence-corrected chi connectivity index (χ2v) is 6.00. The van der Waals surface area contributed by atoms with Crippen LogP contribution in [0.4, 0.5) is 15.0 Å². The number of anilines is 1. The van der Waals surface area contributed by atoms with Crippen LogP contribution in [0.15, 0.2) is 30.3 Å². The van der Waals surface area contributed by atoms with Gasteiger partial charge < -0.3 is 9.64 Å². The number of amides is 2.